The molecule has 21 heavy (non-hydrogen) atoms. The van der Waals surface area contributed by atoms with E-state index in [1.807, 2.05) is 20.8 Å². The fourth-order valence-electron chi connectivity index (χ4n) is 1.70. The van der Waals surface area contributed by atoms with Crippen LogP contribution in [0.2, 0.25) is 5.02 Å². The van der Waals surface area contributed by atoms with Gasteiger partial charge in [-0.15, -0.1) is 0 Å². The molecule has 0 bridgehead atoms. The van der Waals surface area contributed by atoms with Crippen molar-refractivity contribution in [1.82, 2.24) is 5.32 Å². The molecule has 7 heteroatoms. The molecule has 0 heterocycles. The van der Waals surface area contributed by atoms with Gasteiger partial charge in [-0.25, -0.2) is 4.79 Å². The number of amides is 1. The maximum absolute atomic E-state index is 12.0. The first-order chi connectivity index (χ1) is 9.51. The monoisotopic (exact) mass is 313 g/mol. The highest BCUT2D eigenvalue weighted by atomic mass is 35.5. The number of hydrogen-bond donors (Lipinski definition) is 4. The third-order valence-electron chi connectivity index (χ3n) is 2.60. The quantitative estimate of drug-likeness (QED) is 0.639. The van der Waals surface area contributed by atoms with Crippen molar-refractivity contribution in [2.24, 2.45) is 0 Å². The number of aromatic carboxylic acids is 1. The predicted octanol–water partition coefficient (Wildman–Crippen LogP) is 2.34. The summed E-state index contributed by atoms with van der Waals surface area (Å²) < 4.78 is 0. The number of carboxylic acids is 1. The summed E-state index contributed by atoms with van der Waals surface area (Å²) in [6, 6.07) is 2.08. The zero-order valence-electron chi connectivity index (χ0n) is 12.5. The molecule has 1 rings (SSSR count). The van der Waals surface area contributed by atoms with Crippen molar-refractivity contribution in [2.75, 3.05) is 11.1 Å². The Bertz CT molecular complexity index is 567. The highest BCUT2D eigenvalue weighted by Crippen LogP contribution is 2.30. The van der Waals surface area contributed by atoms with Gasteiger partial charge in [-0.3, -0.25) is 4.79 Å². The van der Waals surface area contributed by atoms with Crippen molar-refractivity contribution in [3.8, 4) is 0 Å². The molecule has 0 aliphatic heterocycles. The van der Waals surface area contributed by atoms with Gasteiger partial charge in [-0.05, 0) is 39.8 Å². The number of nitrogens with two attached hydrogens (primary N) is 1. The zero-order chi connectivity index (χ0) is 16.4. The number of carbonyl (C=O) groups excluding carboxylic acids is 1. The molecule has 1 atom stereocenters. The molecule has 0 fully saturated rings. The number of anilines is 2. The van der Waals surface area contributed by atoms with Gasteiger partial charge in [0.2, 0.25) is 5.91 Å². The van der Waals surface area contributed by atoms with Gasteiger partial charge in [0, 0.05) is 11.2 Å². The SMILES string of the molecule is CC(Nc1c(Cl)cc(N)cc1C(=O)O)C(=O)NC(C)(C)C. The van der Waals surface area contributed by atoms with Crippen LogP contribution < -0.4 is 16.4 Å². The number of carbonyl (C=O) groups is 2. The summed E-state index contributed by atoms with van der Waals surface area (Å²) >= 11 is 6.02. The molecule has 1 amide bonds. The Kier molecular flexibility index (Phi) is 5.06. The molecule has 0 radical (unpaired) electrons. The second-order valence-electron chi connectivity index (χ2n) is 5.84. The van der Waals surface area contributed by atoms with Gasteiger partial charge in [0.05, 0.1) is 16.3 Å². The molecule has 0 saturated heterocycles. The van der Waals surface area contributed by atoms with Crippen LogP contribution in [0, 0.1) is 0 Å². The van der Waals surface area contributed by atoms with Gasteiger partial charge in [0.25, 0.3) is 0 Å². The number of halogens is 1. The largest absolute Gasteiger partial charge is 0.478 e. The first kappa shape index (κ1) is 17.1. The second-order valence-corrected chi connectivity index (χ2v) is 6.24. The lowest BCUT2D eigenvalue weighted by Gasteiger charge is -2.25. The topological polar surface area (TPSA) is 104 Å². The third-order valence-corrected chi connectivity index (χ3v) is 2.89. The third kappa shape index (κ3) is 4.82. The van der Waals surface area contributed by atoms with Crippen LogP contribution in [-0.2, 0) is 4.79 Å². The number of nitrogen functional groups attached to an aromatic ring is 1. The van der Waals surface area contributed by atoms with Crippen molar-refractivity contribution < 1.29 is 14.7 Å². The van der Waals surface area contributed by atoms with Crippen LogP contribution in [-0.4, -0.2) is 28.6 Å². The Morgan fingerprint density at radius 2 is 1.90 bits per heavy atom. The van der Waals surface area contributed by atoms with Crippen LogP contribution in [0.5, 0.6) is 0 Å². The Morgan fingerprint density at radius 1 is 1.33 bits per heavy atom. The fourth-order valence-corrected chi connectivity index (χ4v) is 1.99. The summed E-state index contributed by atoms with van der Waals surface area (Å²) in [7, 11) is 0. The molecular weight excluding hydrogens is 294 g/mol. The van der Waals surface area contributed by atoms with E-state index in [2.05, 4.69) is 10.6 Å². The molecule has 0 aliphatic rings. The van der Waals surface area contributed by atoms with Crippen molar-refractivity contribution >= 4 is 34.9 Å². The van der Waals surface area contributed by atoms with Crippen LogP contribution in [0.3, 0.4) is 0 Å². The summed E-state index contributed by atoms with van der Waals surface area (Å²) in [5.41, 5.74) is 5.55. The minimum atomic E-state index is -1.17. The average molecular weight is 314 g/mol. The van der Waals surface area contributed by atoms with Gasteiger partial charge < -0.3 is 21.5 Å². The van der Waals surface area contributed by atoms with Crippen LogP contribution in [0.4, 0.5) is 11.4 Å². The minimum Gasteiger partial charge on any atom is -0.478 e. The van der Waals surface area contributed by atoms with E-state index in [1.165, 1.54) is 12.1 Å². The standard InChI is InChI=1S/C14H20ClN3O3/c1-7(12(19)18-14(2,3)4)17-11-9(13(20)21)5-8(16)6-10(11)15/h5-7,17H,16H2,1-4H3,(H,18,19)(H,20,21). The van der Waals surface area contributed by atoms with Gasteiger partial charge >= 0.3 is 5.97 Å². The molecular formula is C14H20ClN3O3. The lowest BCUT2D eigenvalue weighted by atomic mass is 10.1. The van der Waals surface area contributed by atoms with E-state index in [4.69, 9.17) is 17.3 Å². The van der Waals surface area contributed by atoms with Gasteiger partial charge in [-0.2, -0.15) is 0 Å². The minimum absolute atomic E-state index is 0.0737. The molecule has 0 spiro atoms. The van der Waals surface area contributed by atoms with Crippen molar-refractivity contribution in [3.05, 3.63) is 22.7 Å². The fraction of sp³-hybridized carbons (Fsp3) is 0.429. The van der Waals surface area contributed by atoms with Crippen LogP contribution >= 0.6 is 11.6 Å². The Balaban J connectivity index is 3.02. The molecule has 6 nitrogen and oxygen atoms in total. The van der Waals surface area contributed by atoms with Crippen LogP contribution in [0.25, 0.3) is 0 Å². The maximum atomic E-state index is 12.0. The first-order valence-electron chi connectivity index (χ1n) is 6.42. The van der Waals surface area contributed by atoms with Crippen LogP contribution in [0.15, 0.2) is 12.1 Å². The highest BCUT2D eigenvalue weighted by molar-refractivity contribution is 6.34. The molecule has 5 N–H and O–H groups in total. The lowest BCUT2D eigenvalue weighted by molar-refractivity contribution is -0.122. The average Bonchev–Trinajstić information content (AvgIpc) is 2.29. The summed E-state index contributed by atoms with van der Waals surface area (Å²) in [5, 5.41) is 15.0. The Hall–Kier alpha value is -1.95. The molecule has 1 aromatic rings. The maximum Gasteiger partial charge on any atom is 0.337 e. The van der Waals surface area contributed by atoms with Gasteiger partial charge in [-0.1, -0.05) is 11.6 Å². The summed E-state index contributed by atoms with van der Waals surface area (Å²) in [6.45, 7) is 7.20. The number of benzene rings is 1. The molecule has 0 saturated carbocycles. The van der Waals surface area contributed by atoms with E-state index in [-0.39, 0.29) is 33.4 Å². The summed E-state index contributed by atoms with van der Waals surface area (Å²) in [4.78, 5) is 23.3. The van der Waals surface area contributed by atoms with Gasteiger partial charge in [0.1, 0.15) is 6.04 Å². The second kappa shape index (κ2) is 6.22. The number of hydrogen-bond acceptors (Lipinski definition) is 4. The summed E-state index contributed by atoms with van der Waals surface area (Å²) in [6.07, 6.45) is 0. The lowest BCUT2D eigenvalue weighted by Crippen LogP contribution is -2.47. The van der Waals surface area contributed by atoms with E-state index >= 15 is 0 Å². The number of nitrogens with one attached hydrogen (secondary N) is 2. The van der Waals surface area contributed by atoms with Crippen molar-refractivity contribution in [3.63, 3.8) is 0 Å². The van der Waals surface area contributed by atoms with Gasteiger partial charge in [0.15, 0.2) is 0 Å². The predicted molar refractivity (Wildman–Crippen MR) is 83.8 cm³/mol. The van der Waals surface area contributed by atoms with E-state index in [0.717, 1.165) is 0 Å². The number of carboxylic acid groups (broad SMARTS) is 1. The highest BCUT2D eigenvalue weighted by Gasteiger charge is 2.22. The van der Waals surface area contributed by atoms with E-state index in [1.54, 1.807) is 6.92 Å². The zero-order valence-corrected chi connectivity index (χ0v) is 13.2. The molecule has 116 valence electrons. The normalized spacial score (nSPS) is 12.6. The molecule has 1 aromatic carbocycles. The Morgan fingerprint density at radius 3 is 2.38 bits per heavy atom. The number of rotatable bonds is 4. The van der Waals surface area contributed by atoms with E-state index < -0.39 is 12.0 Å². The van der Waals surface area contributed by atoms with Crippen molar-refractivity contribution in [1.29, 1.82) is 0 Å². The van der Waals surface area contributed by atoms with E-state index in [0.29, 0.717) is 0 Å². The van der Waals surface area contributed by atoms with Crippen LogP contribution in [0.1, 0.15) is 38.1 Å². The molecule has 0 aliphatic carbocycles. The van der Waals surface area contributed by atoms with E-state index in [9.17, 15) is 14.7 Å². The first-order valence-corrected chi connectivity index (χ1v) is 6.80. The van der Waals surface area contributed by atoms with Crippen molar-refractivity contribution in [2.45, 2.75) is 39.3 Å². The molecule has 1 unspecified atom stereocenters. The summed E-state index contributed by atoms with van der Waals surface area (Å²) in [5.74, 6) is -1.43. The molecule has 0 aromatic heterocycles. The Labute approximate surface area is 128 Å². The smallest absolute Gasteiger partial charge is 0.337 e.